The molecule has 1 aromatic heterocycles. The van der Waals surface area contributed by atoms with E-state index in [0.29, 0.717) is 18.8 Å². The highest BCUT2D eigenvalue weighted by atomic mass is 16.3. The van der Waals surface area contributed by atoms with Crippen molar-refractivity contribution >= 4 is 16.9 Å². The van der Waals surface area contributed by atoms with Crippen molar-refractivity contribution in [2.45, 2.75) is 32.1 Å². The number of nitrogens with one attached hydrogen (secondary N) is 1. The van der Waals surface area contributed by atoms with Crippen LogP contribution in [-0.2, 0) is 0 Å². The van der Waals surface area contributed by atoms with Crippen molar-refractivity contribution in [2.24, 2.45) is 11.1 Å². The van der Waals surface area contributed by atoms with Crippen molar-refractivity contribution in [3.05, 3.63) is 36.1 Å². The molecule has 1 fully saturated rings. The van der Waals surface area contributed by atoms with Crippen molar-refractivity contribution < 1.29 is 9.21 Å². The molecule has 1 heterocycles. The van der Waals surface area contributed by atoms with Crippen LogP contribution in [0, 0.1) is 5.41 Å². The Bertz CT molecular complexity index is 594. The number of carbonyl (C=O) groups is 1. The van der Waals surface area contributed by atoms with Crippen LogP contribution in [0.1, 0.15) is 42.7 Å². The third-order valence-electron chi connectivity index (χ3n) is 4.62. The first kappa shape index (κ1) is 14.1. The Kier molecular flexibility index (Phi) is 3.97. The maximum atomic E-state index is 12.3. The van der Waals surface area contributed by atoms with E-state index in [1.807, 2.05) is 24.3 Å². The van der Waals surface area contributed by atoms with Crippen LogP contribution >= 0.6 is 0 Å². The van der Waals surface area contributed by atoms with E-state index < -0.39 is 0 Å². The van der Waals surface area contributed by atoms with Crippen molar-refractivity contribution in [3.63, 3.8) is 0 Å². The number of nitrogens with two attached hydrogens (primary N) is 1. The van der Waals surface area contributed by atoms with Gasteiger partial charge in [0, 0.05) is 11.9 Å². The third-order valence-corrected chi connectivity index (χ3v) is 4.62. The van der Waals surface area contributed by atoms with Crippen LogP contribution in [0.4, 0.5) is 0 Å². The lowest BCUT2D eigenvalue weighted by molar-refractivity contribution is 0.0888. The lowest BCUT2D eigenvalue weighted by Crippen LogP contribution is -2.43. The first-order valence-electron chi connectivity index (χ1n) is 7.69. The van der Waals surface area contributed by atoms with E-state index in [-0.39, 0.29) is 11.3 Å². The zero-order chi connectivity index (χ0) is 14.7. The molecule has 1 aromatic carbocycles. The van der Waals surface area contributed by atoms with Gasteiger partial charge in [-0.25, -0.2) is 0 Å². The molecule has 0 bridgehead atoms. The summed E-state index contributed by atoms with van der Waals surface area (Å²) in [6.07, 6.45) is 5.89. The molecule has 1 aliphatic rings. The molecule has 0 atom stereocenters. The number of carbonyl (C=O) groups excluding carboxylic acids is 1. The van der Waals surface area contributed by atoms with Gasteiger partial charge in [-0.1, -0.05) is 37.5 Å². The zero-order valence-electron chi connectivity index (χ0n) is 12.2. The second-order valence-electron chi connectivity index (χ2n) is 6.10. The lowest BCUT2D eigenvalue weighted by Gasteiger charge is -2.36. The molecule has 0 saturated heterocycles. The van der Waals surface area contributed by atoms with E-state index in [4.69, 9.17) is 10.2 Å². The molecule has 0 unspecified atom stereocenters. The van der Waals surface area contributed by atoms with Gasteiger partial charge in [0.1, 0.15) is 5.58 Å². The van der Waals surface area contributed by atoms with E-state index in [2.05, 4.69) is 5.32 Å². The van der Waals surface area contributed by atoms with E-state index in [0.717, 1.165) is 23.8 Å². The summed E-state index contributed by atoms with van der Waals surface area (Å²) in [5, 5.41) is 3.96. The number of rotatable bonds is 4. The van der Waals surface area contributed by atoms with Crippen LogP contribution in [0.25, 0.3) is 11.0 Å². The Morgan fingerprint density at radius 2 is 2.00 bits per heavy atom. The Balaban J connectivity index is 1.68. The van der Waals surface area contributed by atoms with Crippen LogP contribution in [0.5, 0.6) is 0 Å². The number of furan rings is 1. The highest BCUT2D eigenvalue weighted by Crippen LogP contribution is 2.34. The van der Waals surface area contributed by atoms with Gasteiger partial charge in [-0.2, -0.15) is 0 Å². The molecule has 0 radical (unpaired) electrons. The topological polar surface area (TPSA) is 68.3 Å². The van der Waals surface area contributed by atoms with Crippen LogP contribution in [-0.4, -0.2) is 19.0 Å². The summed E-state index contributed by atoms with van der Waals surface area (Å²) < 4.78 is 5.59. The van der Waals surface area contributed by atoms with Crippen LogP contribution in [0.2, 0.25) is 0 Å². The van der Waals surface area contributed by atoms with Gasteiger partial charge >= 0.3 is 0 Å². The lowest BCUT2D eigenvalue weighted by atomic mass is 9.74. The maximum Gasteiger partial charge on any atom is 0.287 e. The molecule has 3 rings (SSSR count). The van der Waals surface area contributed by atoms with Crippen molar-refractivity contribution in [2.75, 3.05) is 13.1 Å². The molecule has 112 valence electrons. The van der Waals surface area contributed by atoms with Gasteiger partial charge in [-0.15, -0.1) is 0 Å². The summed E-state index contributed by atoms with van der Waals surface area (Å²) >= 11 is 0. The Labute approximate surface area is 124 Å². The fourth-order valence-corrected chi connectivity index (χ4v) is 3.20. The van der Waals surface area contributed by atoms with Crippen LogP contribution < -0.4 is 11.1 Å². The van der Waals surface area contributed by atoms with Crippen LogP contribution in [0.15, 0.2) is 34.7 Å². The summed E-state index contributed by atoms with van der Waals surface area (Å²) in [5.74, 6) is 0.226. The van der Waals surface area contributed by atoms with Gasteiger partial charge in [-0.3, -0.25) is 4.79 Å². The second-order valence-corrected chi connectivity index (χ2v) is 6.10. The van der Waals surface area contributed by atoms with E-state index in [1.165, 1.54) is 19.3 Å². The minimum Gasteiger partial charge on any atom is -0.451 e. The quantitative estimate of drug-likeness (QED) is 0.907. The van der Waals surface area contributed by atoms with Gasteiger partial charge in [0.25, 0.3) is 5.91 Å². The van der Waals surface area contributed by atoms with Gasteiger partial charge < -0.3 is 15.5 Å². The molecule has 3 N–H and O–H groups in total. The predicted octanol–water partition coefficient (Wildman–Crippen LogP) is 3.07. The third kappa shape index (κ3) is 2.95. The highest BCUT2D eigenvalue weighted by molar-refractivity contribution is 5.96. The summed E-state index contributed by atoms with van der Waals surface area (Å²) in [6.45, 7) is 1.27. The molecule has 4 heteroatoms. The summed E-state index contributed by atoms with van der Waals surface area (Å²) in [4.78, 5) is 12.3. The number of hydrogen-bond donors (Lipinski definition) is 2. The van der Waals surface area contributed by atoms with E-state index >= 15 is 0 Å². The zero-order valence-corrected chi connectivity index (χ0v) is 12.2. The van der Waals surface area contributed by atoms with Crippen molar-refractivity contribution in [1.82, 2.24) is 5.32 Å². The molecule has 21 heavy (non-hydrogen) atoms. The Morgan fingerprint density at radius 3 is 2.71 bits per heavy atom. The van der Waals surface area contributed by atoms with Crippen LogP contribution in [0.3, 0.4) is 0 Å². The monoisotopic (exact) mass is 286 g/mol. The Morgan fingerprint density at radius 1 is 1.24 bits per heavy atom. The van der Waals surface area contributed by atoms with Crippen molar-refractivity contribution in [3.8, 4) is 0 Å². The predicted molar refractivity (Wildman–Crippen MR) is 83.1 cm³/mol. The minimum absolute atomic E-state index is 0.0694. The van der Waals surface area contributed by atoms with Gasteiger partial charge in [0.05, 0.1) is 0 Å². The molecule has 1 amide bonds. The normalized spacial score (nSPS) is 17.8. The minimum atomic E-state index is -0.149. The van der Waals surface area contributed by atoms with E-state index in [1.54, 1.807) is 6.07 Å². The molecule has 4 nitrogen and oxygen atoms in total. The standard InChI is InChI=1S/C17H22N2O2/c18-11-17(8-4-1-5-9-17)12-19-16(20)15-10-13-6-2-3-7-14(13)21-15/h2-3,6-7,10H,1,4-5,8-9,11-12,18H2,(H,19,20). The largest absolute Gasteiger partial charge is 0.451 e. The summed E-state index contributed by atoms with van der Waals surface area (Å²) in [7, 11) is 0. The molecule has 1 aliphatic carbocycles. The number of para-hydroxylation sites is 1. The first-order valence-corrected chi connectivity index (χ1v) is 7.69. The SMILES string of the molecule is NCC1(CNC(=O)c2cc3ccccc3o2)CCCCC1. The molecule has 0 spiro atoms. The fraction of sp³-hybridized carbons (Fsp3) is 0.471. The molecular formula is C17H22N2O2. The Hall–Kier alpha value is -1.81. The van der Waals surface area contributed by atoms with Gasteiger partial charge in [0.2, 0.25) is 0 Å². The maximum absolute atomic E-state index is 12.3. The van der Waals surface area contributed by atoms with Crippen molar-refractivity contribution in [1.29, 1.82) is 0 Å². The van der Waals surface area contributed by atoms with E-state index in [9.17, 15) is 4.79 Å². The average molecular weight is 286 g/mol. The molecule has 0 aliphatic heterocycles. The highest BCUT2D eigenvalue weighted by Gasteiger charge is 2.31. The molecular weight excluding hydrogens is 264 g/mol. The average Bonchev–Trinajstić information content (AvgIpc) is 2.97. The second kappa shape index (κ2) is 5.90. The number of benzene rings is 1. The summed E-state index contributed by atoms with van der Waals surface area (Å²) in [5.41, 5.74) is 6.76. The van der Waals surface area contributed by atoms with Gasteiger partial charge in [0.15, 0.2) is 5.76 Å². The van der Waals surface area contributed by atoms with Gasteiger partial charge in [-0.05, 0) is 36.9 Å². The fourth-order valence-electron chi connectivity index (χ4n) is 3.20. The first-order chi connectivity index (χ1) is 10.2. The molecule has 2 aromatic rings. The smallest absolute Gasteiger partial charge is 0.287 e. The number of hydrogen-bond acceptors (Lipinski definition) is 3. The molecule has 1 saturated carbocycles. The number of fused-ring (bicyclic) bond motifs is 1. The summed E-state index contributed by atoms with van der Waals surface area (Å²) in [6, 6.07) is 9.44. The number of amides is 1.